The van der Waals surface area contributed by atoms with Crippen LogP contribution in [-0.2, 0) is 65.4 Å². The van der Waals surface area contributed by atoms with Gasteiger partial charge in [-0.25, -0.2) is 9.13 Å². The highest BCUT2D eigenvalue weighted by atomic mass is 31.2. The van der Waals surface area contributed by atoms with Gasteiger partial charge in [0, 0.05) is 25.7 Å². The first-order valence-corrected chi connectivity index (χ1v) is 40.5. The molecular formula is C72H140O17P2. The Labute approximate surface area is 556 Å². The molecule has 19 heteroatoms. The Bertz CT molecular complexity index is 1770. The zero-order chi connectivity index (χ0) is 67.2. The molecule has 17 nitrogen and oxygen atoms in total. The first kappa shape index (κ1) is 89.1. The Hall–Kier alpha value is -1.94. The van der Waals surface area contributed by atoms with Gasteiger partial charge in [0.2, 0.25) is 0 Å². The van der Waals surface area contributed by atoms with E-state index in [-0.39, 0.29) is 25.7 Å². The van der Waals surface area contributed by atoms with Crippen molar-refractivity contribution in [3.05, 3.63) is 0 Å². The van der Waals surface area contributed by atoms with Crippen molar-refractivity contribution in [3.8, 4) is 0 Å². The molecule has 0 aliphatic carbocycles. The van der Waals surface area contributed by atoms with Crippen LogP contribution in [0, 0.1) is 11.8 Å². The van der Waals surface area contributed by atoms with E-state index in [1.807, 2.05) is 0 Å². The highest BCUT2D eigenvalue weighted by Gasteiger charge is 2.30. The van der Waals surface area contributed by atoms with E-state index in [1.54, 1.807) is 0 Å². The molecule has 0 heterocycles. The van der Waals surface area contributed by atoms with Gasteiger partial charge in [0.25, 0.3) is 0 Å². The lowest BCUT2D eigenvalue weighted by Crippen LogP contribution is -2.30. The third kappa shape index (κ3) is 66.5. The maximum atomic E-state index is 13.0. The van der Waals surface area contributed by atoms with E-state index in [2.05, 4.69) is 41.5 Å². The first-order chi connectivity index (χ1) is 43.9. The fourth-order valence-corrected chi connectivity index (χ4v) is 12.5. The van der Waals surface area contributed by atoms with Crippen LogP contribution < -0.4 is 0 Å². The summed E-state index contributed by atoms with van der Waals surface area (Å²) in [6, 6.07) is 0. The number of aliphatic hydroxyl groups is 1. The third-order valence-electron chi connectivity index (χ3n) is 16.7. The van der Waals surface area contributed by atoms with Crippen LogP contribution in [-0.4, -0.2) is 96.7 Å². The summed E-state index contributed by atoms with van der Waals surface area (Å²) in [6.07, 6.45) is 50.0. The van der Waals surface area contributed by atoms with Crippen molar-refractivity contribution in [2.24, 2.45) is 11.8 Å². The molecule has 0 radical (unpaired) electrons. The maximum absolute atomic E-state index is 13.0. The minimum atomic E-state index is -4.95. The Balaban J connectivity index is 5.24. The molecule has 0 rings (SSSR count). The van der Waals surface area contributed by atoms with E-state index in [1.165, 1.54) is 180 Å². The van der Waals surface area contributed by atoms with Gasteiger partial charge in [0.1, 0.15) is 19.3 Å². The Morgan fingerprint density at radius 2 is 0.505 bits per heavy atom. The van der Waals surface area contributed by atoms with Gasteiger partial charge in [-0.1, -0.05) is 318 Å². The average Bonchev–Trinajstić information content (AvgIpc) is 3.08. The number of unbranched alkanes of at least 4 members (excludes halogenated alkanes) is 41. The van der Waals surface area contributed by atoms with Crippen LogP contribution in [0.15, 0.2) is 0 Å². The second kappa shape index (κ2) is 64.1. The monoisotopic (exact) mass is 1340 g/mol. The summed E-state index contributed by atoms with van der Waals surface area (Å²) in [4.78, 5) is 72.6. The van der Waals surface area contributed by atoms with Crippen LogP contribution in [0.1, 0.15) is 369 Å². The largest absolute Gasteiger partial charge is 0.472 e. The smallest absolute Gasteiger partial charge is 0.462 e. The second-order valence-corrected chi connectivity index (χ2v) is 29.8. The molecule has 0 fully saturated rings. The number of hydrogen-bond donors (Lipinski definition) is 3. The summed E-state index contributed by atoms with van der Waals surface area (Å²) in [6.45, 7) is 9.47. The van der Waals surface area contributed by atoms with E-state index in [0.717, 1.165) is 102 Å². The number of ether oxygens (including phenoxy) is 4. The highest BCUT2D eigenvalue weighted by molar-refractivity contribution is 7.47. The number of rotatable bonds is 71. The molecule has 0 aliphatic rings. The molecule has 0 aliphatic heterocycles. The molecule has 540 valence electrons. The predicted octanol–water partition coefficient (Wildman–Crippen LogP) is 20.8. The van der Waals surface area contributed by atoms with Crippen molar-refractivity contribution in [1.29, 1.82) is 0 Å². The van der Waals surface area contributed by atoms with Crippen molar-refractivity contribution in [3.63, 3.8) is 0 Å². The van der Waals surface area contributed by atoms with E-state index in [0.29, 0.717) is 31.6 Å². The molecule has 0 amide bonds. The molecular weight excluding hydrogens is 1200 g/mol. The average molecular weight is 1340 g/mol. The van der Waals surface area contributed by atoms with Gasteiger partial charge in [-0.05, 0) is 37.5 Å². The zero-order valence-electron chi connectivity index (χ0n) is 59.1. The van der Waals surface area contributed by atoms with E-state index >= 15 is 0 Å². The van der Waals surface area contributed by atoms with Gasteiger partial charge < -0.3 is 33.8 Å². The van der Waals surface area contributed by atoms with Gasteiger partial charge in [-0.3, -0.25) is 37.3 Å². The van der Waals surface area contributed by atoms with Crippen molar-refractivity contribution < 1.29 is 80.2 Å². The van der Waals surface area contributed by atoms with Crippen LogP contribution in [0.4, 0.5) is 0 Å². The SMILES string of the molecule is CCCCCCCCCCCCCCCCCC(=O)OC[C@H](COP(=O)(O)OC[C@@H](O)COP(=O)(O)OC[C@@H](COC(=O)CCCCCCCCCC(C)C)OC(=O)CCCCCCCCCCC(C)C)OC(=O)CCCCCCCCCCCCCCCCC. The quantitative estimate of drug-likeness (QED) is 0.0222. The van der Waals surface area contributed by atoms with Crippen molar-refractivity contribution in [2.75, 3.05) is 39.6 Å². The molecule has 0 saturated heterocycles. The molecule has 0 bridgehead atoms. The minimum Gasteiger partial charge on any atom is -0.462 e. The number of carbonyl (C=O) groups is 4. The second-order valence-electron chi connectivity index (χ2n) is 26.9. The van der Waals surface area contributed by atoms with E-state index in [4.69, 9.17) is 37.0 Å². The number of phosphoric acid groups is 2. The summed E-state index contributed by atoms with van der Waals surface area (Å²) in [5.74, 6) is -0.699. The number of esters is 4. The van der Waals surface area contributed by atoms with Crippen LogP contribution in [0.2, 0.25) is 0 Å². The molecule has 0 aromatic heterocycles. The van der Waals surface area contributed by atoms with Crippen LogP contribution in [0.5, 0.6) is 0 Å². The highest BCUT2D eigenvalue weighted by Crippen LogP contribution is 2.45. The molecule has 5 atom stereocenters. The van der Waals surface area contributed by atoms with Gasteiger partial charge in [0.05, 0.1) is 26.4 Å². The van der Waals surface area contributed by atoms with Crippen molar-refractivity contribution in [1.82, 2.24) is 0 Å². The Kier molecular flexibility index (Phi) is 62.7. The molecule has 3 N–H and O–H groups in total. The predicted molar refractivity (Wildman–Crippen MR) is 368 cm³/mol. The molecule has 91 heavy (non-hydrogen) atoms. The van der Waals surface area contributed by atoms with E-state index in [9.17, 15) is 43.2 Å². The summed E-state index contributed by atoms with van der Waals surface area (Å²) < 4.78 is 68.4. The topological polar surface area (TPSA) is 237 Å². The van der Waals surface area contributed by atoms with Gasteiger partial charge >= 0.3 is 39.5 Å². The van der Waals surface area contributed by atoms with Gasteiger partial charge in [-0.2, -0.15) is 0 Å². The zero-order valence-corrected chi connectivity index (χ0v) is 60.9. The standard InChI is InChI=1S/C72H140O17P2/c1-7-9-11-13-15-17-19-21-23-25-27-29-36-42-48-54-69(74)82-60-67(88-71(76)56-50-44-37-30-28-26-24-22-20-18-16-14-12-10-8-2)62-86-90(78,79)84-58-66(73)59-85-91(80,81)87-63-68(61-83-70(75)55-49-43-39-33-35-41-47-53-65(5)6)89-72(77)57-51-45-38-32-31-34-40-46-52-64(3)4/h64-68,73H,7-63H2,1-6H3,(H,78,79)(H,80,81)/t66-,67-,68-/m1/s1. The third-order valence-corrected chi connectivity index (χ3v) is 18.6. The van der Waals surface area contributed by atoms with Crippen LogP contribution >= 0.6 is 15.6 Å². The summed E-state index contributed by atoms with van der Waals surface area (Å²) in [7, 11) is -9.90. The lowest BCUT2D eigenvalue weighted by molar-refractivity contribution is -0.161. The van der Waals surface area contributed by atoms with Crippen LogP contribution in [0.25, 0.3) is 0 Å². The summed E-state index contributed by atoms with van der Waals surface area (Å²) in [5.41, 5.74) is 0. The normalized spacial score (nSPS) is 14.1. The number of carbonyl (C=O) groups excluding carboxylic acids is 4. The van der Waals surface area contributed by atoms with Crippen molar-refractivity contribution >= 4 is 39.5 Å². The van der Waals surface area contributed by atoms with Gasteiger partial charge in [-0.15, -0.1) is 0 Å². The minimum absolute atomic E-state index is 0.104. The van der Waals surface area contributed by atoms with Gasteiger partial charge in [0.15, 0.2) is 12.2 Å². The summed E-state index contributed by atoms with van der Waals surface area (Å²) >= 11 is 0. The van der Waals surface area contributed by atoms with E-state index < -0.39 is 97.5 Å². The molecule has 0 saturated carbocycles. The Morgan fingerprint density at radius 1 is 0.297 bits per heavy atom. The Morgan fingerprint density at radius 3 is 0.747 bits per heavy atom. The molecule has 0 spiro atoms. The number of hydrogen-bond acceptors (Lipinski definition) is 15. The molecule has 0 aromatic carbocycles. The number of phosphoric ester groups is 2. The molecule has 0 aromatic rings. The first-order valence-electron chi connectivity index (χ1n) is 37.5. The lowest BCUT2D eigenvalue weighted by atomic mass is 10.0. The maximum Gasteiger partial charge on any atom is 0.472 e. The van der Waals surface area contributed by atoms with Crippen LogP contribution in [0.3, 0.4) is 0 Å². The lowest BCUT2D eigenvalue weighted by Gasteiger charge is -2.21. The summed E-state index contributed by atoms with van der Waals surface area (Å²) in [5, 5.41) is 10.6. The number of aliphatic hydroxyl groups excluding tert-OH is 1. The fraction of sp³-hybridized carbons (Fsp3) is 0.944. The fourth-order valence-electron chi connectivity index (χ4n) is 10.9. The molecule has 2 unspecified atom stereocenters. The van der Waals surface area contributed by atoms with Crippen molar-refractivity contribution in [2.45, 2.75) is 387 Å².